The SMILES string of the molecule is Cc1ccc(NC(=O)C2CC(=O)N(c3ccc4c(c3)OCO4)C2)c(C)c1. The van der Waals surface area contributed by atoms with Crippen molar-refractivity contribution in [3.63, 3.8) is 0 Å². The highest BCUT2D eigenvalue weighted by molar-refractivity contribution is 6.03. The average molecular weight is 352 g/mol. The lowest BCUT2D eigenvalue weighted by Gasteiger charge is -2.17. The quantitative estimate of drug-likeness (QED) is 0.922. The van der Waals surface area contributed by atoms with Gasteiger partial charge in [-0.25, -0.2) is 0 Å². The second-order valence-electron chi connectivity index (χ2n) is 6.75. The van der Waals surface area contributed by atoms with Gasteiger partial charge in [0.1, 0.15) is 0 Å². The van der Waals surface area contributed by atoms with Crippen molar-refractivity contribution < 1.29 is 19.1 Å². The van der Waals surface area contributed by atoms with Crippen LogP contribution in [0.15, 0.2) is 36.4 Å². The predicted molar refractivity (Wildman–Crippen MR) is 97.6 cm³/mol. The second-order valence-corrected chi connectivity index (χ2v) is 6.75. The van der Waals surface area contributed by atoms with Crippen molar-refractivity contribution >= 4 is 23.2 Å². The molecule has 0 aromatic heterocycles. The van der Waals surface area contributed by atoms with Crippen LogP contribution in [0.3, 0.4) is 0 Å². The number of hydrogen-bond acceptors (Lipinski definition) is 4. The first-order valence-corrected chi connectivity index (χ1v) is 8.59. The Kier molecular flexibility index (Phi) is 4.03. The van der Waals surface area contributed by atoms with Crippen molar-refractivity contribution in [3.8, 4) is 11.5 Å². The lowest BCUT2D eigenvalue weighted by Crippen LogP contribution is -2.28. The summed E-state index contributed by atoms with van der Waals surface area (Å²) in [5, 5.41) is 2.95. The van der Waals surface area contributed by atoms with Crippen LogP contribution in [0.2, 0.25) is 0 Å². The van der Waals surface area contributed by atoms with Crippen molar-refractivity contribution in [2.75, 3.05) is 23.6 Å². The van der Waals surface area contributed by atoms with E-state index < -0.39 is 0 Å². The smallest absolute Gasteiger partial charge is 0.231 e. The summed E-state index contributed by atoms with van der Waals surface area (Å²) in [6.07, 6.45) is 0.200. The maximum absolute atomic E-state index is 12.6. The lowest BCUT2D eigenvalue weighted by molar-refractivity contribution is -0.122. The number of hydrogen-bond donors (Lipinski definition) is 1. The van der Waals surface area contributed by atoms with E-state index in [1.807, 2.05) is 38.1 Å². The minimum atomic E-state index is -0.381. The molecule has 4 rings (SSSR count). The van der Waals surface area contributed by atoms with Crippen molar-refractivity contribution in [2.45, 2.75) is 20.3 Å². The van der Waals surface area contributed by atoms with Gasteiger partial charge in [0.2, 0.25) is 18.6 Å². The van der Waals surface area contributed by atoms with E-state index in [2.05, 4.69) is 5.32 Å². The number of carbonyl (C=O) groups is 2. The Morgan fingerprint density at radius 3 is 2.73 bits per heavy atom. The fourth-order valence-electron chi connectivity index (χ4n) is 3.37. The molecule has 1 fully saturated rings. The van der Waals surface area contributed by atoms with Crippen LogP contribution in [0.4, 0.5) is 11.4 Å². The normalized spacial score (nSPS) is 18.3. The monoisotopic (exact) mass is 352 g/mol. The van der Waals surface area contributed by atoms with E-state index in [1.165, 1.54) is 0 Å². The van der Waals surface area contributed by atoms with Crippen molar-refractivity contribution in [3.05, 3.63) is 47.5 Å². The number of nitrogens with one attached hydrogen (secondary N) is 1. The van der Waals surface area contributed by atoms with Gasteiger partial charge in [-0.15, -0.1) is 0 Å². The summed E-state index contributed by atoms with van der Waals surface area (Å²) in [6, 6.07) is 11.3. The average Bonchev–Trinajstić information content (AvgIpc) is 3.23. The van der Waals surface area contributed by atoms with Crippen LogP contribution >= 0.6 is 0 Å². The first-order valence-electron chi connectivity index (χ1n) is 8.59. The number of aryl methyl sites for hydroxylation is 2. The highest BCUT2D eigenvalue weighted by atomic mass is 16.7. The fourth-order valence-corrected chi connectivity index (χ4v) is 3.37. The lowest BCUT2D eigenvalue weighted by atomic mass is 10.1. The zero-order chi connectivity index (χ0) is 18.3. The largest absolute Gasteiger partial charge is 0.454 e. The number of fused-ring (bicyclic) bond motifs is 1. The van der Waals surface area contributed by atoms with Crippen molar-refractivity contribution in [1.29, 1.82) is 0 Å². The summed E-state index contributed by atoms with van der Waals surface area (Å²) in [4.78, 5) is 26.7. The van der Waals surface area contributed by atoms with Gasteiger partial charge in [0.25, 0.3) is 0 Å². The van der Waals surface area contributed by atoms with E-state index in [-0.39, 0.29) is 30.9 Å². The van der Waals surface area contributed by atoms with Gasteiger partial charge in [0.05, 0.1) is 5.92 Å². The fraction of sp³-hybridized carbons (Fsp3) is 0.300. The van der Waals surface area contributed by atoms with Gasteiger partial charge in [0.15, 0.2) is 11.5 Å². The van der Waals surface area contributed by atoms with Crippen LogP contribution in [0.25, 0.3) is 0 Å². The topological polar surface area (TPSA) is 67.9 Å². The molecule has 2 amide bonds. The third-order valence-electron chi connectivity index (χ3n) is 4.80. The molecule has 6 heteroatoms. The van der Waals surface area contributed by atoms with Gasteiger partial charge < -0.3 is 19.7 Å². The number of nitrogens with zero attached hydrogens (tertiary/aromatic N) is 1. The van der Waals surface area contributed by atoms with Crippen molar-refractivity contribution in [1.82, 2.24) is 0 Å². The Bertz CT molecular complexity index is 893. The molecule has 1 unspecified atom stereocenters. The minimum absolute atomic E-state index is 0.0651. The van der Waals surface area contributed by atoms with Gasteiger partial charge in [-0.2, -0.15) is 0 Å². The summed E-state index contributed by atoms with van der Waals surface area (Å²) in [5.74, 6) is 0.717. The van der Waals surface area contributed by atoms with Crippen LogP contribution in [0, 0.1) is 19.8 Å². The molecule has 1 atom stereocenters. The second kappa shape index (κ2) is 6.37. The summed E-state index contributed by atoms with van der Waals surface area (Å²) in [5.41, 5.74) is 3.66. The highest BCUT2D eigenvalue weighted by Gasteiger charge is 2.35. The molecule has 0 spiro atoms. The number of amides is 2. The molecular formula is C20H20N2O4. The molecule has 2 heterocycles. The Morgan fingerprint density at radius 2 is 1.92 bits per heavy atom. The van der Waals surface area contributed by atoms with E-state index in [9.17, 15) is 9.59 Å². The molecular weight excluding hydrogens is 332 g/mol. The van der Waals surface area contributed by atoms with E-state index >= 15 is 0 Å². The Hall–Kier alpha value is -3.02. The van der Waals surface area contributed by atoms with Gasteiger partial charge in [-0.1, -0.05) is 17.7 Å². The van der Waals surface area contributed by atoms with Crippen LogP contribution in [-0.4, -0.2) is 25.2 Å². The first kappa shape index (κ1) is 16.4. The molecule has 134 valence electrons. The van der Waals surface area contributed by atoms with Gasteiger partial charge in [0, 0.05) is 30.4 Å². The van der Waals surface area contributed by atoms with Gasteiger partial charge in [-0.3, -0.25) is 9.59 Å². The number of rotatable bonds is 3. The molecule has 2 aromatic carbocycles. The van der Waals surface area contributed by atoms with Crippen LogP contribution < -0.4 is 19.7 Å². The van der Waals surface area contributed by atoms with E-state index in [1.54, 1.807) is 17.0 Å². The molecule has 2 aliphatic heterocycles. The van der Waals surface area contributed by atoms with E-state index in [0.29, 0.717) is 18.0 Å². The molecule has 2 aliphatic rings. The maximum atomic E-state index is 12.6. The van der Waals surface area contributed by atoms with Crippen LogP contribution in [0.1, 0.15) is 17.5 Å². The third-order valence-corrected chi connectivity index (χ3v) is 4.80. The number of carbonyl (C=O) groups excluding carboxylic acids is 2. The molecule has 0 radical (unpaired) electrons. The zero-order valence-corrected chi connectivity index (χ0v) is 14.7. The summed E-state index contributed by atoms with van der Waals surface area (Å²) < 4.78 is 10.7. The molecule has 0 bridgehead atoms. The predicted octanol–water partition coefficient (Wildman–Crippen LogP) is 3.02. The molecule has 2 aromatic rings. The van der Waals surface area contributed by atoms with Crippen LogP contribution in [0.5, 0.6) is 11.5 Å². The first-order chi connectivity index (χ1) is 12.5. The third kappa shape index (κ3) is 2.98. The van der Waals surface area contributed by atoms with Crippen molar-refractivity contribution in [2.24, 2.45) is 5.92 Å². The molecule has 0 aliphatic carbocycles. The van der Waals surface area contributed by atoms with E-state index in [0.717, 1.165) is 22.5 Å². The Labute approximate surface area is 151 Å². The van der Waals surface area contributed by atoms with Gasteiger partial charge >= 0.3 is 0 Å². The molecule has 6 nitrogen and oxygen atoms in total. The summed E-state index contributed by atoms with van der Waals surface area (Å²) in [6.45, 7) is 4.52. The molecule has 1 saturated heterocycles. The molecule has 1 N–H and O–H groups in total. The number of anilines is 2. The standard InChI is InChI=1S/C20H20N2O4/c1-12-3-5-16(13(2)7-12)21-20(24)14-8-19(23)22(10-14)15-4-6-17-18(9-15)26-11-25-17/h3-7,9,14H,8,10-11H2,1-2H3,(H,21,24). The zero-order valence-electron chi connectivity index (χ0n) is 14.7. The molecule has 26 heavy (non-hydrogen) atoms. The number of benzene rings is 2. The maximum Gasteiger partial charge on any atom is 0.231 e. The van der Waals surface area contributed by atoms with E-state index in [4.69, 9.17) is 9.47 Å². The highest BCUT2D eigenvalue weighted by Crippen LogP contribution is 2.37. The number of ether oxygens (including phenoxy) is 2. The summed E-state index contributed by atoms with van der Waals surface area (Å²) >= 11 is 0. The van der Waals surface area contributed by atoms with Gasteiger partial charge in [-0.05, 0) is 37.6 Å². The van der Waals surface area contributed by atoms with Crippen LogP contribution in [-0.2, 0) is 9.59 Å². The summed E-state index contributed by atoms with van der Waals surface area (Å²) in [7, 11) is 0. The Balaban J connectivity index is 1.48. The Morgan fingerprint density at radius 1 is 1.12 bits per heavy atom. The molecule has 0 saturated carbocycles. The minimum Gasteiger partial charge on any atom is -0.454 e.